The highest BCUT2D eigenvalue weighted by molar-refractivity contribution is 5.48. The van der Waals surface area contributed by atoms with Gasteiger partial charge in [-0.25, -0.2) is 8.78 Å². The maximum absolute atomic E-state index is 13.7. The molecule has 0 aliphatic carbocycles. The van der Waals surface area contributed by atoms with Crippen LogP contribution < -0.4 is 10.1 Å². The molecule has 0 atom stereocenters. The number of phenolic OH excluding ortho intramolecular Hbond substituents is 1. The second kappa shape index (κ2) is 6.43. The molecule has 0 saturated heterocycles. The Hall–Kier alpha value is -2.30. The summed E-state index contributed by atoms with van der Waals surface area (Å²) in [5.41, 5.74) is 1.15. The quantitative estimate of drug-likeness (QED) is 0.876. The van der Waals surface area contributed by atoms with Crippen molar-refractivity contribution in [1.29, 1.82) is 0 Å². The Balaban J connectivity index is 2.13. The van der Waals surface area contributed by atoms with Gasteiger partial charge in [-0.15, -0.1) is 0 Å². The molecule has 0 amide bonds. The Morgan fingerprint density at radius 3 is 2.62 bits per heavy atom. The molecular formula is C16H17F2NO2. The number of benzene rings is 2. The molecule has 0 heterocycles. The molecule has 0 aliphatic rings. The Morgan fingerprint density at radius 2 is 1.90 bits per heavy atom. The second-order valence-corrected chi connectivity index (χ2v) is 4.67. The minimum Gasteiger partial charge on any atom is -0.504 e. The van der Waals surface area contributed by atoms with E-state index in [-0.39, 0.29) is 17.0 Å². The lowest BCUT2D eigenvalue weighted by molar-refractivity contribution is 0.318. The van der Waals surface area contributed by atoms with Gasteiger partial charge in [-0.3, -0.25) is 0 Å². The predicted octanol–water partition coefficient (Wildman–Crippen LogP) is 3.99. The lowest BCUT2D eigenvalue weighted by atomic mass is 10.1. The number of halogens is 2. The van der Waals surface area contributed by atoms with Crippen LogP contribution in [-0.4, -0.2) is 11.7 Å². The fraction of sp³-hybridized carbons (Fsp3) is 0.250. The SMILES string of the molecule is CCOc1cc(CNc2cc(F)c(C)cc2F)ccc1O. The summed E-state index contributed by atoms with van der Waals surface area (Å²) >= 11 is 0. The van der Waals surface area contributed by atoms with E-state index < -0.39 is 11.6 Å². The largest absolute Gasteiger partial charge is 0.504 e. The molecule has 2 N–H and O–H groups in total. The van der Waals surface area contributed by atoms with Crippen LogP contribution in [0.1, 0.15) is 18.1 Å². The average Bonchev–Trinajstić information content (AvgIpc) is 2.45. The van der Waals surface area contributed by atoms with Gasteiger partial charge in [0.1, 0.15) is 11.6 Å². The number of rotatable bonds is 5. The van der Waals surface area contributed by atoms with E-state index in [0.717, 1.165) is 17.7 Å². The first-order valence-corrected chi connectivity index (χ1v) is 6.65. The van der Waals surface area contributed by atoms with E-state index in [1.807, 2.05) is 6.92 Å². The minimum absolute atomic E-state index is 0.0492. The van der Waals surface area contributed by atoms with E-state index in [4.69, 9.17) is 4.74 Å². The van der Waals surface area contributed by atoms with E-state index in [2.05, 4.69) is 5.32 Å². The lowest BCUT2D eigenvalue weighted by Crippen LogP contribution is -2.03. The zero-order chi connectivity index (χ0) is 15.4. The molecule has 3 nitrogen and oxygen atoms in total. The van der Waals surface area contributed by atoms with Gasteiger partial charge >= 0.3 is 0 Å². The maximum Gasteiger partial charge on any atom is 0.161 e. The number of aromatic hydroxyl groups is 1. The monoisotopic (exact) mass is 293 g/mol. The Morgan fingerprint density at radius 1 is 1.14 bits per heavy atom. The summed E-state index contributed by atoms with van der Waals surface area (Å²) in [5, 5.41) is 12.4. The van der Waals surface area contributed by atoms with Gasteiger partial charge in [0, 0.05) is 12.6 Å². The van der Waals surface area contributed by atoms with Gasteiger partial charge in [0.05, 0.1) is 12.3 Å². The van der Waals surface area contributed by atoms with Crippen LogP contribution in [0.3, 0.4) is 0 Å². The highest BCUT2D eigenvalue weighted by Crippen LogP contribution is 2.27. The zero-order valence-electron chi connectivity index (χ0n) is 11.9. The smallest absolute Gasteiger partial charge is 0.161 e. The van der Waals surface area contributed by atoms with Crippen molar-refractivity contribution in [2.45, 2.75) is 20.4 Å². The van der Waals surface area contributed by atoms with Crippen molar-refractivity contribution in [3.63, 3.8) is 0 Å². The first-order valence-electron chi connectivity index (χ1n) is 6.65. The minimum atomic E-state index is -0.502. The van der Waals surface area contributed by atoms with Crippen LogP contribution in [0.25, 0.3) is 0 Å². The first kappa shape index (κ1) is 15.1. The Kier molecular flexibility index (Phi) is 4.62. The Bertz CT molecular complexity index is 644. The van der Waals surface area contributed by atoms with Crippen LogP contribution in [0.2, 0.25) is 0 Å². The summed E-state index contributed by atoms with van der Waals surface area (Å²) in [5.74, 6) is -0.544. The van der Waals surface area contributed by atoms with Crippen molar-refractivity contribution in [2.24, 2.45) is 0 Å². The van der Waals surface area contributed by atoms with Gasteiger partial charge < -0.3 is 15.2 Å². The zero-order valence-corrected chi connectivity index (χ0v) is 11.9. The molecular weight excluding hydrogens is 276 g/mol. The molecule has 5 heteroatoms. The molecule has 21 heavy (non-hydrogen) atoms. The molecule has 0 unspecified atom stereocenters. The van der Waals surface area contributed by atoms with Gasteiger partial charge in [-0.1, -0.05) is 6.07 Å². The van der Waals surface area contributed by atoms with Crippen molar-refractivity contribution in [3.05, 3.63) is 53.1 Å². The van der Waals surface area contributed by atoms with Crippen molar-refractivity contribution in [1.82, 2.24) is 0 Å². The molecule has 0 bridgehead atoms. The molecule has 2 aromatic rings. The van der Waals surface area contributed by atoms with Crippen LogP contribution in [0.15, 0.2) is 30.3 Å². The summed E-state index contributed by atoms with van der Waals surface area (Å²) in [7, 11) is 0. The fourth-order valence-electron chi connectivity index (χ4n) is 1.92. The summed E-state index contributed by atoms with van der Waals surface area (Å²) in [4.78, 5) is 0. The van der Waals surface area contributed by atoms with Crippen molar-refractivity contribution < 1.29 is 18.6 Å². The summed E-state index contributed by atoms with van der Waals surface area (Å²) in [6.07, 6.45) is 0. The number of hydrogen-bond acceptors (Lipinski definition) is 3. The summed E-state index contributed by atoms with van der Waals surface area (Å²) < 4.78 is 32.4. The fourth-order valence-corrected chi connectivity index (χ4v) is 1.92. The van der Waals surface area contributed by atoms with E-state index >= 15 is 0 Å². The molecule has 0 aliphatic heterocycles. The van der Waals surface area contributed by atoms with Crippen LogP contribution in [0.4, 0.5) is 14.5 Å². The number of aryl methyl sites for hydroxylation is 1. The lowest BCUT2D eigenvalue weighted by Gasteiger charge is -2.11. The maximum atomic E-state index is 13.7. The molecule has 0 spiro atoms. The van der Waals surface area contributed by atoms with Gasteiger partial charge in [-0.05, 0) is 43.2 Å². The number of nitrogens with one attached hydrogen (secondary N) is 1. The van der Waals surface area contributed by atoms with Gasteiger partial charge in [0.25, 0.3) is 0 Å². The van der Waals surface area contributed by atoms with Gasteiger partial charge in [0.2, 0.25) is 0 Å². The molecule has 0 radical (unpaired) electrons. The third kappa shape index (κ3) is 3.62. The topological polar surface area (TPSA) is 41.5 Å². The van der Waals surface area contributed by atoms with Crippen molar-refractivity contribution in [3.8, 4) is 11.5 Å². The highest BCUT2D eigenvalue weighted by Gasteiger charge is 2.08. The van der Waals surface area contributed by atoms with E-state index in [0.29, 0.717) is 18.9 Å². The molecule has 2 rings (SSSR count). The van der Waals surface area contributed by atoms with Crippen molar-refractivity contribution >= 4 is 5.69 Å². The molecule has 0 aromatic heterocycles. The van der Waals surface area contributed by atoms with E-state index in [9.17, 15) is 13.9 Å². The summed E-state index contributed by atoms with van der Waals surface area (Å²) in [6, 6.07) is 7.14. The second-order valence-electron chi connectivity index (χ2n) is 4.67. The molecule has 0 saturated carbocycles. The standard InChI is InChI=1S/C16H17F2NO2/c1-3-21-16-7-11(4-5-15(16)20)9-19-14-8-12(17)10(2)6-13(14)18/h4-8,19-20H,3,9H2,1-2H3. The average molecular weight is 293 g/mol. The number of phenols is 1. The van der Waals surface area contributed by atoms with Gasteiger partial charge in [0.15, 0.2) is 11.5 Å². The number of ether oxygens (including phenoxy) is 1. The van der Waals surface area contributed by atoms with Crippen molar-refractivity contribution in [2.75, 3.05) is 11.9 Å². The first-order chi connectivity index (χ1) is 10.0. The van der Waals surface area contributed by atoms with Crippen LogP contribution in [0.5, 0.6) is 11.5 Å². The highest BCUT2D eigenvalue weighted by atomic mass is 19.1. The van der Waals surface area contributed by atoms with Crippen LogP contribution in [-0.2, 0) is 6.54 Å². The predicted molar refractivity (Wildman–Crippen MR) is 77.7 cm³/mol. The van der Waals surface area contributed by atoms with Crippen LogP contribution >= 0.6 is 0 Å². The third-order valence-electron chi connectivity index (χ3n) is 3.06. The Labute approximate surface area is 122 Å². The van der Waals surface area contributed by atoms with E-state index in [1.165, 1.54) is 13.0 Å². The number of hydrogen-bond donors (Lipinski definition) is 2. The van der Waals surface area contributed by atoms with E-state index in [1.54, 1.807) is 12.1 Å². The molecule has 2 aromatic carbocycles. The van der Waals surface area contributed by atoms with Gasteiger partial charge in [-0.2, -0.15) is 0 Å². The third-order valence-corrected chi connectivity index (χ3v) is 3.06. The summed E-state index contributed by atoms with van der Waals surface area (Å²) in [6.45, 7) is 4.05. The molecule has 112 valence electrons. The molecule has 0 fully saturated rings. The van der Waals surface area contributed by atoms with Crippen LogP contribution in [0, 0.1) is 18.6 Å². The number of anilines is 1. The normalized spacial score (nSPS) is 10.5.